The van der Waals surface area contributed by atoms with Gasteiger partial charge >= 0.3 is 0 Å². The number of amides is 1. The number of carbonyl (C=O) groups excluding carboxylic acids is 1. The van der Waals surface area contributed by atoms with E-state index in [0.717, 1.165) is 24.7 Å². The normalized spacial score (nSPS) is 14.6. The average molecular weight is 358 g/mol. The molecule has 0 saturated carbocycles. The summed E-state index contributed by atoms with van der Waals surface area (Å²) in [5, 5.41) is 2.98. The van der Waals surface area contributed by atoms with Crippen molar-refractivity contribution in [2.24, 2.45) is 0 Å². The molecule has 5 nitrogen and oxygen atoms in total. The largest absolute Gasteiger partial charge is 0.346 e. The van der Waals surface area contributed by atoms with Gasteiger partial charge in [-0.2, -0.15) is 0 Å². The molecular formula is C19H22N2O3S. The molecule has 0 unspecified atom stereocenters. The van der Waals surface area contributed by atoms with Crippen molar-refractivity contribution in [3.63, 3.8) is 0 Å². The van der Waals surface area contributed by atoms with Crippen LogP contribution >= 0.6 is 0 Å². The Hall–Kier alpha value is -2.34. The molecule has 2 aromatic rings. The van der Waals surface area contributed by atoms with Gasteiger partial charge in [0.2, 0.25) is 10.0 Å². The van der Waals surface area contributed by atoms with Crippen LogP contribution in [0.25, 0.3) is 0 Å². The van der Waals surface area contributed by atoms with Crippen LogP contribution in [0.4, 0.5) is 5.69 Å². The van der Waals surface area contributed by atoms with Crippen LogP contribution in [0.15, 0.2) is 42.5 Å². The molecule has 1 atom stereocenters. The van der Waals surface area contributed by atoms with E-state index in [9.17, 15) is 13.2 Å². The zero-order chi connectivity index (χ0) is 18.0. The molecule has 0 bridgehead atoms. The van der Waals surface area contributed by atoms with E-state index in [1.807, 2.05) is 6.92 Å². The number of hydrogen-bond donors (Lipinski definition) is 2. The second kappa shape index (κ2) is 6.88. The van der Waals surface area contributed by atoms with E-state index >= 15 is 0 Å². The predicted octanol–water partition coefficient (Wildman–Crippen LogP) is 3.04. The third-order valence-electron chi connectivity index (χ3n) is 4.40. The van der Waals surface area contributed by atoms with Crippen LogP contribution < -0.4 is 10.0 Å². The van der Waals surface area contributed by atoms with Gasteiger partial charge in [0.15, 0.2) is 0 Å². The van der Waals surface area contributed by atoms with Crippen molar-refractivity contribution < 1.29 is 13.2 Å². The van der Waals surface area contributed by atoms with Gasteiger partial charge in [0.05, 0.1) is 12.3 Å². The van der Waals surface area contributed by atoms with Gasteiger partial charge in [-0.3, -0.25) is 9.52 Å². The number of hydrogen-bond acceptors (Lipinski definition) is 3. The lowest BCUT2D eigenvalue weighted by atomic mass is 10.0. The molecule has 132 valence electrons. The number of rotatable bonds is 5. The number of fused-ring (bicyclic) bond motifs is 1. The molecule has 2 N–H and O–H groups in total. The molecule has 0 fully saturated rings. The van der Waals surface area contributed by atoms with Crippen LogP contribution in [0.5, 0.6) is 0 Å². The molecule has 0 radical (unpaired) electrons. The topological polar surface area (TPSA) is 75.3 Å². The van der Waals surface area contributed by atoms with Crippen LogP contribution in [0, 0.1) is 0 Å². The lowest BCUT2D eigenvalue weighted by Gasteiger charge is -2.16. The molecule has 6 heteroatoms. The Bertz CT molecular complexity index is 907. The van der Waals surface area contributed by atoms with E-state index < -0.39 is 10.0 Å². The number of carbonyl (C=O) groups is 1. The summed E-state index contributed by atoms with van der Waals surface area (Å²) in [5.74, 6) is -0.231. The lowest BCUT2D eigenvalue weighted by molar-refractivity contribution is 0.0940. The predicted molar refractivity (Wildman–Crippen MR) is 99.3 cm³/mol. The van der Waals surface area contributed by atoms with E-state index in [2.05, 4.69) is 28.2 Å². The fraction of sp³-hybridized carbons (Fsp3) is 0.316. The van der Waals surface area contributed by atoms with Crippen molar-refractivity contribution >= 4 is 21.6 Å². The number of anilines is 1. The third-order valence-corrected chi connectivity index (χ3v) is 5.00. The summed E-state index contributed by atoms with van der Waals surface area (Å²) in [5.41, 5.74) is 4.65. The standard InChI is InChI=1S/C19H22N2O3S/c1-13(15-10-9-14-5-3-6-16(14)11-15)20-19(22)17-7-4-8-18(12-17)21-25(2,23)24/h4,7-13,21H,3,5-6H2,1-2H3,(H,20,22)/t13-/m0/s1. The average Bonchev–Trinajstić information content (AvgIpc) is 3.01. The summed E-state index contributed by atoms with van der Waals surface area (Å²) in [6.45, 7) is 1.95. The van der Waals surface area contributed by atoms with Crippen LogP contribution in [-0.4, -0.2) is 20.6 Å². The van der Waals surface area contributed by atoms with Gasteiger partial charge in [0.25, 0.3) is 5.91 Å². The van der Waals surface area contributed by atoms with E-state index in [1.54, 1.807) is 18.2 Å². The van der Waals surface area contributed by atoms with Crippen molar-refractivity contribution in [2.75, 3.05) is 11.0 Å². The van der Waals surface area contributed by atoms with Crippen LogP contribution in [0.3, 0.4) is 0 Å². The molecule has 0 saturated heterocycles. The monoisotopic (exact) mass is 358 g/mol. The van der Waals surface area contributed by atoms with Crippen molar-refractivity contribution in [1.29, 1.82) is 0 Å². The molecule has 0 aliphatic heterocycles. The Labute approximate surface area is 148 Å². The van der Waals surface area contributed by atoms with Crippen LogP contribution in [0.2, 0.25) is 0 Å². The summed E-state index contributed by atoms with van der Waals surface area (Å²) >= 11 is 0. The molecule has 0 aromatic heterocycles. The van der Waals surface area contributed by atoms with Gasteiger partial charge in [0.1, 0.15) is 0 Å². The number of aryl methyl sites for hydroxylation is 2. The van der Waals surface area contributed by atoms with Gasteiger partial charge in [-0.25, -0.2) is 8.42 Å². The number of sulfonamides is 1. The van der Waals surface area contributed by atoms with E-state index in [4.69, 9.17) is 0 Å². The first-order valence-electron chi connectivity index (χ1n) is 8.32. The smallest absolute Gasteiger partial charge is 0.251 e. The van der Waals surface area contributed by atoms with E-state index in [-0.39, 0.29) is 11.9 Å². The van der Waals surface area contributed by atoms with Gasteiger partial charge in [-0.05, 0) is 61.1 Å². The number of nitrogens with one attached hydrogen (secondary N) is 2. The van der Waals surface area contributed by atoms with Crippen LogP contribution in [-0.2, 0) is 22.9 Å². The molecule has 25 heavy (non-hydrogen) atoms. The molecule has 3 rings (SSSR count). The van der Waals surface area contributed by atoms with Crippen molar-refractivity contribution in [2.45, 2.75) is 32.2 Å². The maximum absolute atomic E-state index is 12.5. The zero-order valence-corrected chi connectivity index (χ0v) is 15.2. The number of benzene rings is 2. The minimum Gasteiger partial charge on any atom is -0.346 e. The summed E-state index contributed by atoms with van der Waals surface area (Å²) < 4.78 is 25.0. The minimum atomic E-state index is -3.37. The highest BCUT2D eigenvalue weighted by atomic mass is 32.2. The summed E-state index contributed by atoms with van der Waals surface area (Å²) in [7, 11) is -3.37. The molecule has 1 aliphatic carbocycles. The second-order valence-electron chi connectivity index (χ2n) is 6.53. The SMILES string of the molecule is C[C@H](NC(=O)c1cccc(NS(C)(=O)=O)c1)c1ccc2c(c1)CCC2. The summed E-state index contributed by atoms with van der Waals surface area (Å²) in [6.07, 6.45) is 4.51. The first-order chi connectivity index (χ1) is 11.8. The minimum absolute atomic E-state index is 0.120. The highest BCUT2D eigenvalue weighted by molar-refractivity contribution is 7.92. The van der Waals surface area contributed by atoms with Gasteiger partial charge < -0.3 is 5.32 Å². The summed E-state index contributed by atoms with van der Waals surface area (Å²) in [6, 6.07) is 12.7. The quantitative estimate of drug-likeness (QED) is 0.863. The Morgan fingerprint density at radius 1 is 1.08 bits per heavy atom. The van der Waals surface area contributed by atoms with E-state index in [1.165, 1.54) is 23.6 Å². The first-order valence-corrected chi connectivity index (χ1v) is 10.2. The molecule has 2 aromatic carbocycles. The zero-order valence-electron chi connectivity index (χ0n) is 14.4. The third kappa shape index (κ3) is 4.39. The van der Waals surface area contributed by atoms with Gasteiger partial charge in [-0.1, -0.05) is 24.3 Å². The highest BCUT2D eigenvalue weighted by Crippen LogP contribution is 2.25. The molecule has 1 aliphatic rings. The molecule has 1 amide bonds. The summed E-state index contributed by atoms with van der Waals surface area (Å²) in [4.78, 5) is 12.5. The lowest BCUT2D eigenvalue weighted by Crippen LogP contribution is -2.26. The van der Waals surface area contributed by atoms with Crippen molar-refractivity contribution in [3.8, 4) is 0 Å². The van der Waals surface area contributed by atoms with E-state index in [0.29, 0.717) is 11.3 Å². The Balaban J connectivity index is 1.72. The van der Waals surface area contributed by atoms with Crippen molar-refractivity contribution in [3.05, 3.63) is 64.7 Å². The van der Waals surface area contributed by atoms with Gasteiger partial charge in [0, 0.05) is 11.3 Å². The second-order valence-corrected chi connectivity index (χ2v) is 8.28. The van der Waals surface area contributed by atoms with Crippen LogP contribution in [0.1, 0.15) is 46.4 Å². The molecule has 0 spiro atoms. The molecule has 0 heterocycles. The highest BCUT2D eigenvalue weighted by Gasteiger charge is 2.16. The maximum Gasteiger partial charge on any atom is 0.251 e. The van der Waals surface area contributed by atoms with Crippen molar-refractivity contribution in [1.82, 2.24) is 5.32 Å². The Kier molecular flexibility index (Phi) is 4.81. The Morgan fingerprint density at radius 2 is 1.84 bits per heavy atom. The van der Waals surface area contributed by atoms with Gasteiger partial charge in [-0.15, -0.1) is 0 Å². The fourth-order valence-electron chi connectivity index (χ4n) is 3.16. The Morgan fingerprint density at radius 3 is 2.60 bits per heavy atom. The molecular weight excluding hydrogens is 336 g/mol. The fourth-order valence-corrected chi connectivity index (χ4v) is 3.72. The maximum atomic E-state index is 12.5. The first kappa shape index (κ1) is 17.5.